The second kappa shape index (κ2) is 5.44. The van der Waals surface area contributed by atoms with Gasteiger partial charge in [0.15, 0.2) is 0 Å². The summed E-state index contributed by atoms with van der Waals surface area (Å²) in [7, 11) is 4.14. The van der Waals surface area contributed by atoms with Crippen molar-refractivity contribution in [2.75, 3.05) is 14.1 Å². The molecule has 4 heteroatoms. The lowest BCUT2D eigenvalue weighted by molar-refractivity contribution is 0.406. The van der Waals surface area contributed by atoms with E-state index in [-0.39, 0.29) is 6.04 Å². The molecule has 0 aromatic carbocycles. The summed E-state index contributed by atoms with van der Waals surface area (Å²) in [6.45, 7) is 3.02. The van der Waals surface area contributed by atoms with Crippen LogP contribution in [0.15, 0.2) is 6.20 Å². The molecule has 0 saturated carbocycles. The number of aryl methyl sites for hydroxylation is 1. The monoisotopic (exact) mass is 213 g/mol. The number of nitrogens with zero attached hydrogens (tertiary/aromatic N) is 2. The van der Waals surface area contributed by atoms with E-state index >= 15 is 0 Å². The fourth-order valence-corrected chi connectivity index (χ4v) is 2.26. The summed E-state index contributed by atoms with van der Waals surface area (Å²) in [4.78, 5) is 7.86. The molecule has 1 aromatic rings. The van der Waals surface area contributed by atoms with Crippen LogP contribution in [0.2, 0.25) is 0 Å². The lowest BCUT2D eigenvalue weighted by atomic mass is 10.2. The van der Waals surface area contributed by atoms with Gasteiger partial charge in [0.2, 0.25) is 0 Å². The number of rotatable bonds is 5. The van der Waals surface area contributed by atoms with Crippen molar-refractivity contribution in [3.63, 3.8) is 0 Å². The maximum atomic E-state index is 5.70. The lowest BCUT2D eigenvalue weighted by Gasteiger charge is -2.05. The summed E-state index contributed by atoms with van der Waals surface area (Å²) in [5, 5.41) is 1.21. The molecule has 80 valence electrons. The van der Waals surface area contributed by atoms with Crippen molar-refractivity contribution in [3.05, 3.63) is 16.1 Å². The van der Waals surface area contributed by atoms with Gasteiger partial charge in [-0.15, -0.1) is 11.3 Å². The van der Waals surface area contributed by atoms with Gasteiger partial charge in [0.25, 0.3) is 0 Å². The second-order valence-corrected chi connectivity index (χ2v) is 5.17. The van der Waals surface area contributed by atoms with E-state index in [0.29, 0.717) is 0 Å². The normalized spacial score (nSPS) is 13.5. The van der Waals surface area contributed by atoms with Crippen molar-refractivity contribution in [1.82, 2.24) is 9.88 Å². The highest BCUT2D eigenvalue weighted by molar-refractivity contribution is 7.11. The molecule has 2 N–H and O–H groups in total. The Labute approximate surface area is 89.9 Å². The number of nitrogens with two attached hydrogens (primary N) is 1. The molecule has 1 aromatic heterocycles. The van der Waals surface area contributed by atoms with E-state index in [0.717, 1.165) is 19.4 Å². The Balaban J connectivity index is 2.42. The van der Waals surface area contributed by atoms with Gasteiger partial charge in [0, 0.05) is 30.1 Å². The highest BCUT2D eigenvalue weighted by Crippen LogP contribution is 2.15. The van der Waals surface area contributed by atoms with Gasteiger partial charge in [-0.2, -0.15) is 0 Å². The van der Waals surface area contributed by atoms with Crippen molar-refractivity contribution in [2.45, 2.75) is 32.4 Å². The highest BCUT2D eigenvalue weighted by Gasteiger charge is 2.04. The van der Waals surface area contributed by atoms with Crippen LogP contribution >= 0.6 is 11.3 Å². The molecule has 0 amide bonds. The molecule has 1 atom stereocenters. The number of thiazole rings is 1. The third kappa shape index (κ3) is 4.17. The lowest BCUT2D eigenvalue weighted by Crippen LogP contribution is -2.15. The molecular weight excluding hydrogens is 194 g/mol. The summed E-state index contributed by atoms with van der Waals surface area (Å²) < 4.78 is 0. The van der Waals surface area contributed by atoms with Crippen LogP contribution in [0, 0.1) is 0 Å². The predicted molar refractivity (Wildman–Crippen MR) is 61.5 cm³/mol. The predicted octanol–water partition coefficient (Wildman–Crippen LogP) is 1.48. The van der Waals surface area contributed by atoms with Crippen LogP contribution in [0.25, 0.3) is 0 Å². The van der Waals surface area contributed by atoms with Gasteiger partial charge in [-0.3, -0.25) is 0 Å². The number of aromatic nitrogens is 1. The Kier molecular flexibility index (Phi) is 4.51. The first-order chi connectivity index (χ1) is 6.58. The average molecular weight is 213 g/mol. The van der Waals surface area contributed by atoms with Crippen molar-refractivity contribution in [2.24, 2.45) is 5.73 Å². The smallest absolute Gasteiger partial charge is 0.0928 e. The Morgan fingerprint density at radius 3 is 2.86 bits per heavy atom. The third-order valence-electron chi connectivity index (χ3n) is 1.89. The minimum atomic E-state index is 0.274. The maximum absolute atomic E-state index is 5.70. The Morgan fingerprint density at radius 2 is 2.29 bits per heavy atom. The molecule has 1 rings (SSSR count). The van der Waals surface area contributed by atoms with E-state index in [2.05, 4.69) is 24.0 Å². The zero-order chi connectivity index (χ0) is 10.6. The van der Waals surface area contributed by atoms with E-state index in [1.807, 2.05) is 13.1 Å². The van der Waals surface area contributed by atoms with Crippen molar-refractivity contribution >= 4 is 11.3 Å². The third-order valence-corrected chi connectivity index (χ3v) is 2.93. The number of hydrogen-bond donors (Lipinski definition) is 1. The van der Waals surface area contributed by atoms with Crippen LogP contribution in [0.4, 0.5) is 0 Å². The van der Waals surface area contributed by atoms with Crippen LogP contribution in [0.1, 0.15) is 23.2 Å². The minimum absolute atomic E-state index is 0.274. The second-order valence-electron chi connectivity index (χ2n) is 3.97. The first kappa shape index (κ1) is 11.6. The molecule has 0 aliphatic rings. The van der Waals surface area contributed by atoms with Crippen LogP contribution in [-0.4, -0.2) is 30.0 Å². The van der Waals surface area contributed by atoms with Crippen molar-refractivity contribution in [3.8, 4) is 0 Å². The molecular formula is C10H19N3S. The Bertz CT molecular complexity index is 268. The number of hydrogen-bond acceptors (Lipinski definition) is 4. The largest absolute Gasteiger partial charge is 0.328 e. The van der Waals surface area contributed by atoms with Gasteiger partial charge >= 0.3 is 0 Å². The molecule has 1 heterocycles. The van der Waals surface area contributed by atoms with Gasteiger partial charge in [-0.05, 0) is 27.4 Å². The molecule has 0 saturated heterocycles. The molecule has 0 unspecified atom stereocenters. The van der Waals surface area contributed by atoms with E-state index in [1.165, 1.54) is 9.88 Å². The topological polar surface area (TPSA) is 42.1 Å². The SMILES string of the molecule is C[C@@H](N)CCc1ncc(CN(C)C)s1. The van der Waals surface area contributed by atoms with Crippen molar-refractivity contribution < 1.29 is 0 Å². The average Bonchev–Trinajstić information content (AvgIpc) is 2.47. The zero-order valence-electron chi connectivity index (χ0n) is 9.16. The fraction of sp³-hybridized carbons (Fsp3) is 0.700. The molecule has 3 nitrogen and oxygen atoms in total. The van der Waals surface area contributed by atoms with E-state index < -0.39 is 0 Å². The van der Waals surface area contributed by atoms with Gasteiger partial charge in [0.05, 0.1) is 5.01 Å². The van der Waals surface area contributed by atoms with Crippen LogP contribution in [-0.2, 0) is 13.0 Å². The first-order valence-electron chi connectivity index (χ1n) is 4.92. The summed E-state index contributed by atoms with van der Waals surface area (Å²) in [5.74, 6) is 0. The molecule has 0 fully saturated rings. The van der Waals surface area contributed by atoms with Gasteiger partial charge in [-0.25, -0.2) is 4.98 Å². The van der Waals surface area contributed by atoms with Gasteiger partial charge < -0.3 is 10.6 Å². The minimum Gasteiger partial charge on any atom is -0.328 e. The van der Waals surface area contributed by atoms with Crippen LogP contribution in [0.3, 0.4) is 0 Å². The molecule has 0 bridgehead atoms. The molecule has 0 aliphatic heterocycles. The molecule has 0 radical (unpaired) electrons. The summed E-state index contributed by atoms with van der Waals surface area (Å²) >= 11 is 1.79. The Morgan fingerprint density at radius 1 is 1.57 bits per heavy atom. The molecule has 14 heavy (non-hydrogen) atoms. The van der Waals surface area contributed by atoms with E-state index in [9.17, 15) is 0 Å². The molecule has 0 aliphatic carbocycles. The standard InChI is InChI=1S/C10H19N3S/c1-8(11)4-5-10-12-6-9(14-10)7-13(2)3/h6,8H,4-5,7,11H2,1-3H3/t8-/m1/s1. The molecule has 0 spiro atoms. The maximum Gasteiger partial charge on any atom is 0.0928 e. The van der Waals surface area contributed by atoms with Crippen LogP contribution in [0.5, 0.6) is 0 Å². The van der Waals surface area contributed by atoms with Gasteiger partial charge in [-0.1, -0.05) is 0 Å². The fourth-order valence-electron chi connectivity index (χ4n) is 1.20. The van der Waals surface area contributed by atoms with Crippen molar-refractivity contribution in [1.29, 1.82) is 0 Å². The summed E-state index contributed by atoms with van der Waals surface area (Å²) in [5.41, 5.74) is 5.70. The van der Waals surface area contributed by atoms with Crippen LogP contribution < -0.4 is 5.73 Å². The highest BCUT2D eigenvalue weighted by atomic mass is 32.1. The van der Waals surface area contributed by atoms with E-state index in [4.69, 9.17) is 5.73 Å². The van der Waals surface area contributed by atoms with Gasteiger partial charge in [0.1, 0.15) is 0 Å². The van der Waals surface area contributed by atoms with E-state index in [1.54, 1.807) is 11.3 Å². The summed E-state index contributed by atoms with van der Waals surface area (Å²) in [6, 6.07) is 0.274. The summed E-state index contributed by atoms with van der Waals surface area (Å²) in [6.07, 6.45) is 4.01. The Hall–Kier alpha value is -0.450. The quantitative estimate of drug-likeness (QED) is 0.805. The first-order valence-corrected chi connectivity index (χ1v) is 5.73. The zero-order valence-corrected chi connectivity index (χ0v) is 9.97.